The number of anilines is 1. The smallest absolute Gasteiger partial charge is 0.233 e. The van der Waals surface area contributed by atoms with E-state index in [1.165, 1.54) is 6.20 Å². The van der Waals surface area contributed by atoms with Crippen LogP contribution in [-0.2, 0) is 10.0 Å². The fourth-order valence-corrected chi connectivity index (χ4v) is 1.60. The second-order valence-corrected chi connectivity index (χ2v) is 4.96. The molecule has 1 aromatic rings. The lowest BCUT2D eigenvalue weighted by molar-refractivity contribution is 0.602. The number of hydrogen-bond donors (Lipinski definition) is 2. The van der Waals surface area contributed by atoms with Gasteiger partial charge in [-0.1, -0.05) is 0 Å². The lowest BCUT2D eigenvalue weighted by Gasteiger charge is -2.02. The Labute approximate surface area is 78.7 Å². The van der Waals surface area contributed by atoms with E-state index in [-0.39, 0.29) is 5.75 Å². The van der Waals surface area contributed by atoms with Gasteiger partial charge >= 0.3 is 0 Å². The normalized spacial score (nSPS) is 11.5. The number of aromatic amines is 1. The topological polar surface area (TPSA) is 74.8 Å². The Kier molecular flexibility index (Phi) is 2.73. The molecular weight excluding hydrogens is 246 g/mol. The zero-order valence-electron chi connectivity index (χ0n) is 6.33. The molecule has 0 aliphatic rings. The Morgan fingerprint density at radius 3 is 2.83 bits per heavy atom. The van der Waals surface area contributed by atoms with Gasteiger partial charge in [0.15, 0.2) is 0 Å². The number of rotatable bonds is 3. The van der Waals surface area contributed by atoms with Crippen LogP contribution in [0.15, 0.2) is 10.7 Å². The van der Waals surface area contributed by atoms with Crippen LogP contribution in [0, 0.1) is 0 Å². The predicted molar refractivity (Wildman–Crippen MR) is 49.4 cm³/mol. The first-order valence-corrected chi connectivity index (χ1v) is 5.69. The molecule has 0 unspecified atom stereocenters. The maximum atomic E-state index is 11.0. The van der Waals surface area contributed by atoms with Crippen LogP contribution < -0.4 is 4.72 Å². The highest BCUT2D eigenvalue weighted by Gasteiger charge is 2.09. The molecule has 1 aromatic heterocycles. The largest absolute Gasteiger partial charge is 0.267 e. The minimum atomic E-state index is -3.22. The zero-order valence-corrected chi connectivity index (χ0v) is 8.74. The molecule has 5 nitrogen and oxygen atoms in total. The maximum absolute atomic E-state index is 11.0. The van der Waals surface area contributed by atoms with E-state index in [2.05, 4.69) is 30.8 Å². The van der Waals surface area contributed by atoms with Gasteiger partial charge in [-0.2, -0.15) is 5.10 Å². The minimum absolute atomic E-state index is 0.0401. The van der Waals surface area contributed by atoms with Crippen LogP contribution in [0.5, 0.6) is 0 Å². The van der Waals surface area contributed by atoms with E-state index in [4.69, 9.17) is 0 Å². The van der Waals surface area contributed by atoms with Crippen molar-refractivity contribution in [2.75, 3.05) is 10.5 Å². The van der Waals surface area contributed by atoms with Crippen LogP contribution in [0.2, 0.25) is 0 Å². The number of nitrogens with one attached hydrogen (secondary N) is 2. The summed E-state index contributed by atoms with van der Waals surface area (Å²) in [5, 5.41) is 6.15. The fraction of sp³-hybridized carbons (Fsp3) is 0.400. The summed E-state index contributed by atoms with van der Waals surface area (Å²) in [5.41, 5.74) is 0. The zero-order chi connectivity index (χ0) is 9.19. The molecule has 0 atom stereocenters. The van der Waals surface area contributed by atoms with Crippen LogP contribution >= 0.6 is 15.9 Å². The van der Waals surface area contributed by atoms with E-state index >= 15 is 0 Å². The van der Waals surface area contributed by atoms with Crippen LogP contribution in [0.4, 0.5) is 5.82 Å². The van der Waals surface area contributed by atoms with E-state index in [1.54, 1.807) is 6.92 Å². The van der Waals surface area contributed by atoms with Gasteiger partial charge in [-0.25, -0.2) is 8.42 Å². The van der Waals surface area contributed by atoms with Crippen molar-refractivity contribution in [3.8, 4) is 0 Å². The van der Waals surface area contributed by atoms with Crippen LogP contribution in [0.25, 0.3) is 0 Å². The lowest BCUT2D eigenvalue weighted by Crippen LogP contribution is -2.15. The first-order chi connectivity index (χ1) is 5.55. The van der Waals surface area contributed by atoms with Crippen LogP contribution in [0.1, 0.15) is 6.92 Å². The molecule has 2 N–H and O–H groups in total. The SMILES string of the molecule is CCS(=O)(=O)Nc1[nH]ncc1Br. The quantitative estimate of drug-likeness (QED) is 0.842. The standard InChI is InChI=1S/C5H8BrN3O2S/c1-2-12(10,11)9-5-4(6)3-7-8-5/h3H,2H2,1H3,(H2,7,8,9). The van der Waals surface area contributed by atoms with E-state index in [0.717, 1.165) is 0 Å². The summed E-state index contributed by atoms with van der Waals surface area (Å²) in [4.78, 5) is 0. The van der Waals surface area contributed by atoms with Gasteiger partial charge in [0.1, 0.15) is 5.82 Å². The van der Waals surface area contributed by atoms with E-state index in [9.17, 15) is 8.42 Å². The molecule has 0 aromatic carbocycles. The van der Waals surface area contributed by atoms with Gasteiger partial charge in [0.05, 0.1) is 16.4 Å². The molecule has 0 amide bonds. The second-order valence-electron chi connectivity index (χ2n) is 2.10. The molecule has 0 fully saturated rings. The molecule has 0 aliphatic heterocycles. The van der Waals surface area contributed by atoms with Crippen molar-refractivity contribution in [2.24, 2.45) is 0 Å². The third-order valence-corrected chi connectivity index (χ3v) is 3.11. The van der Waals surface area contributed by atoms with Crippen molar-refractivity contribution in [1.82, 2.24) is 10.2 Å². The van der Waals surface area contributed by atoms with E-state index in [0.29, 0.717) is 10.3 Å². The Bertz CT molecular complexity index is 359. The third kappa shape index (κ3) is 2.21. The van der Waals surface area contributed by atoms with Crippen molar-refractivity contribution in [3.05, 3.63) is 10.7 Å². The third-order valence-electron chi connectivity index (χ3n) is 1.23. The lowest BCUT2D eigenvalue weighted by atomic mass is 10.7. The summed E-state index contributed by atoms with van der Waals surface area (Å²) in [6.45, 7) is 1.56. The second kappa shape index (κ2) is 3.44. The molecule has 0 aliphatic carbocycles. The van der Waals surface area contributed by atoms with Crippen molar-refractivity contribution >= 4 is 31.8 Å². The van der Waals surface area contributed by atoms with E-state index in [1.807, 2.05) is 0 Å². The van der Waals surface area contributed by atoms with Gasteiger partial charge in [0, 0.05) is 0 Å². The number of H-pyrrole nitrogens is 1. The van der Waals surface area contributed by atoms with Gasteiger partial charge < -0.3 is 0 Å². The average molecular weight is 254 g/mol. The minimum Gasteiger partial charge on any atom is -0.267 e. The van der Waals surface area contributed by atoms with Gasteiger partial charge in [-0.05, 0) is 22.9 Å². The van der Waals surface area contributed by atoms with E-state index < -0.39 is 10.0 Å². The Morgan fingerprint density at radius 2 is 2.42 bits per heavy atom. The highest BCUT2D eigenvalue weighted by Crippen LogP contribution is 2.18. The Morgan fingerprint density at radius 1 is 1.75 bits per heavy atom. The maximum Gasteiger partial charge on any atom is 0.233 e. The summed E-state index contributed by atoms with van der Waals surface area (Å²) in [5.74, 6) is 0.398. The highest BCUT2D eigenvalue weighted by atomic mass is 79.9. The molecule has 0 spiro atoms. The Balaban J connectivity index is 2.84. The molecule has 7 heteroatoms. The monoisotopic (exact) mass is 253 g/mol. The van der Waals surface area contributed by atoms with Crippen molar-refractivity contribution in [3.63, 3.8) is 0 Å². The Hall–Kier alpha value is -0.560. The summed E-state index contributed by atoms with van der Waals surface area (Å²) in [7, 11) is -3.22. The van der Waals surface area contributed by atoms with Gasteiger partial charge in [-0.15, -0.1) is 0 Å². The molecular formula is C5H8BrN3O2S. The number of hydrogen-bond acceptors (Lipinski definition) is 3. The molecule has 0 bridgehead atoms. The first-order valence-electron chi connectivity index (χ1n) is 3.24. The van der Waals surface area contributed by atoms with Crippen molar-refractivity contribution in [1.29, 1.82) is 0 Å². The van der Waals surface area contributed by atoms with Gasteiger partial charge in [0.2, 0.25) is 10.0 Å². The molecule has 0 saturated carbocycles. The number of halogens is 1. The van der Waals surface area contributed by atoms with Crippen molar-refractivity contribution in [2.45, 2.75) is 6.92 Å². The van der Waals surface area contributed by atoms with Crippen LogP contribution in [0.3, 0.4) is 0 Å². The summed E-state index contributed by atoms with van der Waals surface area (Å²) < 4.78 is 25.0. The van der Waals surface area contributed by atoms with Crippen molar-refractivity contribution < 1.29 is 8.42 Å². The molecule has 12 heavy (non-hydrogen) atoms. The summed E-state index contributed by atoms with van der Waals surface area (Å²) in [6, 6.07) is 0. The summed E-state index contributed by atoms with van der Waals surface area (Å²) in [6.07, 6.45) is 1.48. The molecule has 0 radical (unpaired) electrons. The first kappa shape index (κ1) is 9.53. The highest BCUT2D eigenvalue weighted by molar-refractivity contribution is 9.10. The average Bonchev–Trinajstić information content (AvgIpc) is 2.36. The molecule has 68 valence electrons. The molecule has 1 heterocycles. The number of aromatic nitrogens is 2. The fourth-order valence-electron chi connectivity index (χ4n) is 0.571. The van der Waals surface area contributed by atoms with Gasteiger partial charge in [0.25, 0.3) is 0 Å². The number of sulfonamides is 1. The van der Waals surface area contributed by atoms with Gasteiger partial charge in [-0.3, -0.25) is 9.82 Å². The molecule has 1 rings (SSSR count). The number of nitrogens with zero attached hydrogens (tertiary/aromatic N) is 1. The predicted octanol–water partition coefficient (Wildman–Crippen LogP) is 0.934. The molecule has 0 saturated heterocycles. The summed E-state index contributed by atoms with van der Waals surface area (Å²) >= 11 is 3.13. The van der Waals surface area contributed by atoms with Crippen LogP contribution in [-0.4, -0.2) is 24.4 Å².